The average molecular weight is 423 g/mol. The molecule has 0 aliphatic heterocycles. The Hall–Kier alpha value is -0.830. The summed E-state index contributed by atoms with van der Waals surface area (Å²) in [5, 5.41) is 0. The third-order valence-corrected chi connectivity index (χ3v) is 7.19. The fourth-order valence-corrected chi connectivity index (χ4v) is 5.11. The predicted octanol–water partition coefficient (Wildman–Crippen LogP) is 9.04. The zero-order valence-electron chi connectivity index (χ0n) is 19.5. The van der Waals surface area contributed by atoms with Crippen molar-refractivity contribution in [3.63, 3.8) is 0 Å². The van der Waals surface area contributed by atoms with E-state index in [0.717, 1.165) is 11.3 Å². The smallest absolute Gasteiger partial charge is 0.348 e. The number of unbranched alkanes of at least 4 members (excludes halogenated alkanes) is 16. The summed E-state index contributed by atoms with van der Waals surface area (Å²) in [5.74, 6) is -0.202. The van der Waals surface area contributed by atoms with Gasteiger partial charge in [0, 0.05) is 4.88 Å². The maximum absolute atomic E-state index is 11.6. The number of carbonyl (C=O) groups excluding carboxylic acids is 1. The van der Waals surface area contributed by atoms with Crippen LogP contribution in [0.3, 0.4) is 0 Å². The minimum atomic E-state index is -0.202. The Morgan fingerprint density at radius 3 is 1.59 bits per heavy atom. The Bertz CT molecular complexity index is 521. The van der Waals surface area contributed by atoms with Crippen LogP contribution in [0.25, 0.3) is 0 Å². The van der Waals surface area contributed by atoms with Gasteiger partial charge < -0.3 is 4.74 Å². The summed E-state index contributed by atoms with van der Waals surface area (Å²) in [4.78, 5) is 13.7. The van der Waals surface area contributed by atoms with Gasteiger partial charge in [-0.2, -0.15) is 0 Å². The van der Waals surface area contributed by atoms with Crippen molar-refractivity contribution in [2.24, 2.45) is 0 Å². The predicted molar refractivity (Wildman–Crippen MR) is 128 cm³/mol. The van der Waals surface area contributed by atoms with Crippen LogP contribution in [-0.4, -0.2) is 13.1 Å². The number of aryl methyl sites for hydroxylation is 2. The molecule has 0 aliphatic carbocycles. The van der Waals surface area contributed by atoms with Crippen molar-refractivity contribution in [1.29, 1.82) is 0 Å². The van der Waals surface area contributed by atoms with E-state index in [1.807, 2.05) is 6.07 Å². The van der Waals surface area contributed by atoms with Gasteiger partial charge in [0.2, 0.25) is 0 Å². The van der Waals surface area contributed by atoms with Crippen molar-refractivity contribution in [2.75, 3.05) is 7.11 Å². The molecule has 0 aliphatic rings. The molecule has 0 spiro atoms. The number of methoxy groups -OCH3 is 1. The normalized spacial score (nSPS) is 11.1. The van der Waals surface area contributed by atoms with Gasteiger partial charge in [-0.1, -0.05) is 110 Å². The van der Waals surface area contributed by atoms with Crippen LogP contribution in [0.2, 0.25) is 0 Å². The van der Waals surface area contributed by atoms with Gasteiger partial charge in [-0.25, -0.2) is 4.79 Å². The first-order valence-corrected chi connectivity index (χ1v) is 13.2. The molecule has 168 valence electrons. The van der Waals surface area contributed by atoms with Crippen LogP contribution in [0.5, 0.6) is 0 Å². The van der Waals surface area contributed by atoms with Gasteiger partial charge in [0.05, 0.1) is 7.11 Å². The molecule has 1 heterocycles. The molecule has 0 amide bonds. The molecule has 1 aromatic heterocycles. The highest BCUT2D eigenvalue weighted by molar-refractivity contribution is 7.14. The highest BCUT2D eigenvalue weighted by Crippen LogP contribution is 2.25. The molecule has 1 aromatic rings. The van der Waals surface area contributed by atoms with Gasteiger partial charge in [-0.3, -0.25) is 0 Å². The Balaban J connectivity index is 1.85. The van der Waals surface area contributed by atoms with Gasteiger partial charge in [0.1, 0.15) is 4.88 Å². The third-order valence-electron chi connectivity index (χ3n) is 5.91. The summed E-state index contributed by atoms with van der Waals surface area (Å²) >= 11 is 1.61. The molecule has 0 N–H and O–H groups in total. The molecule has 0 atom stereocenters. The van der Waals surface area contributed by atoms with Gasteiger partial charge in [-0.15, -0.1) is 11.3 Å². The number of hydrogen-bond acceptors (Lipinski definition) is 3. The molecule has 0 aromatic carbocycles. The van der Waals surface area contributed by atoms with Crippen LogP contribution in [-0.2, 0) is 11.2 Å². The van der Waals surface area contributed by atoms with Crippen LogP contribution in [0.4, 0.5) is 0 Å². The zero-order chi connectivity index (χ0) is 21.2. The highest BCUT2D eigenvalue weighted by atomic mass is 32.1. The summed E-state index contributed by atoms with van der Waals surface area (Å²) in [6, 6.07) is 1.97. The van der Waals surface area contributed by atoms with Crippen molar-refractivity contribution in [3.05, 3.63) is 21.4 Å². The average Bonchev–Trinajstić information content (AvgIpc) is 3.10. The summed E-state index contributed by atoms with van der Waals surface area (Å²) < 4.78 is 4.81. The Labute approximate surface area is 184 Å². The van der Waals surface area contributed by atoms with E-state index in [4.69, 9.17) is 4.74 Å². The lowest BCUT2D eigenvalue weighted by molar-refractivity contribution is 0.0606. The minimum Gasteiger partial charge on any atom is -0.465 e. The number of esters is 1. The molecule has 29 heavy (non-hydrogen) atoms. The molecular weight excluding hydrogens is 376 g/mol. The standard InChI is InChI=1S/C26H46O2S/c1-4-5-6-7-8-9-10-11-12-13-14-15-16-17-18-19-20-21-24-23(2)22-25(29-24)26(27)28-3/h22H,4-21H2,1-3H3. The van der Waals surface area contributed by atoms with Crippen LogP contribution in [0.1, 0.15) is 136 Å². The number of ether oxygens (including phenoxy) is 1. The summed E-state index contributed by atoms with van der Waals surface area (Å²) in [7, 11) is 1.45. The molecule has 3 heteroatoms. The quantitative estimate of drug-likeness (QED) is 0.164. The maximum atomic E-state index is 11.6. The minimum absolute atomic E-state index is 0.202. The molecule has 0 radical (unpaired) electrons. The van der Waals surface area contributed by atoms with Crippen LogP contribution in [0, 0.1) is 6.92 Å². The second-order valence-corrected chi connectivity index (χ2v) is 9.75. The lowest BCUT2D eigenvalue weighted by Crippen LogP contribution is -1.96. The van der Waals surface area contributed by atoms with Crippen molar-refractivity contribution in [2.45, 2.75) is 129 Å². The van der Waals surface area contributed by atoms with E-state index in [1.165, 1.54) is 127 Å². The van der Waals surface area contributed by atoms with Crippen molar-refractivity contribution in [3.8, 4) is 0 Å². The van der Waals surface area contributed by atoms with Gasteiger partial charge in [0.15, 0.2) is 0 Å². The summed E-state index contributed by atoms with van der Waals surface area (Å²) in [6.07, 6.45) is 25.0. The lowest BCUT2D eigenvalue weighted by atomic mass is 10.0. The first kappa shape index (κ1) is 26.2. The van der Waals surface area contributed by atoms with E-state index in [9.17, 15) is 4.79 Å². The summed E-state index contributed by atoms with van der Waals surface area (Å²) in [6.45, 7) is 4.39. The van der Waals surface area contributed by atoms with Gasteiger partial charge in [-0.05, 0) is 31.4 Å². The topological polar surface area (TPSA) is 26.3 Å². The highest BCUT2D eigenvalue weighted by Gasteiger charge is 2.12. The first-order valence-electron chi connectivity index (χ1n) is 12.4. The van der Waals surface area contributed by atoms with Crippen LogP contribution < -0.4 is 0 Å². The molecular formula is C26H46O2S. The van der Waals surface area contributed by atoms with E-state index in [2.05, 4.69) is 13.8 Å². The molecule has 1 rings (SSSR count). The van der Waals surface area contributed by atoms with E-state index in [1.54, 1.807) is 11.3 Å². The van der Waals surface area contributed by atoms with Crippen molar-refractivity contribution < 1.29 is 9.53 Å². The van der Waals surface area contributed by atoms with Gasteiger partial charge >= 0.3 is 5.97 Å². The number of rotatable bonds is 19. The van der Waals surface area contributed by atoms with Crippen LogP contribution in [0.15, 0.2) is 6.07 Å². The molecule has 0 fully saturated rings. The largest absolute Gasteiger partial charge is 0.465 e. The Kier molecular flexibility index (Phi) is 16.2. The molecule has 0 saturated heterocycles. The number of hydrogen-bond donors (Lipinski definition) is 0. The SMILES string of the molecule is CCCCCCCCCCCCCCCCCCCc1sc(C(=O)OC)cc1C. The van der Waals surface area contributed by atoms with Crippen LogP contribution >= 0.6 is 11.3 Å². The lowest BCUT2D eigenvalue weighted by Gasteiger charge is -2.04. The van der Waals surface area contributed by atoms with Crippen molar-refractivity contribution in [1.82, 2.24) is 0 Å². The molecule has 2 nitrogen and oxygen atoms in total. The maximum Gasteiger partial charge on any atom is 0.348 e. The zero-order valence-corrected chi connectivity index (χ0v) is 20.3. The second-order valence-electron chi connectivity index (χ2n) is 8.62. The van der Waals surface area contributed by atoms with E-state index >= 15 is 0 Å². The first-order chi connectivity index (χ1) is 14.2. The summed E-state index contributed by atoms with van der Waals surface area (Å²) in [5.41, 5.74) is 1.24. The van der Waals surface area contributed by atoms with Crippen molar-refractivity contribution >= 4 is 17.3 Å². The molecule has 0 bridgehead atoms. The number of thiophene rings is 1. The number of carbonyl (C=O) groups is 1. The molecule has 0 unspecified atom stereocenters. The fraction of sp³-hybridized carbons (Fsp3) is 0.808. The monoisotopic (exact) mass is 422 g/mol. The van der Waals surface area contributed by atoms with E-state index in [0.29, 0.717) is 0 Å². The van der Waals surface area contributed by atoms with E-state index < -0.39 is 0 Å². The van der Waals surface area contributed by atoms with Gasteiger partial charge in [0.25, 0.3) is 0 Å². The van der Waals surface area contributed by atoms with E-state index in [-0.39, 0.29) is 5.97 Å². The third kappa shape index (κ3) is 13.2. The Morgan fingerprint density at radius 2 is 1.17 bits per heavy atom. The second kappa shape index (κ2) is 18.0. The molecule has 0 saturated carbocycles. The Morgan fingerprint density at radius 1 is 0.759 bits per heavy atom. The fourth-order valence-electron chi connectivity index (χ4n) is 3.98.